The van der Waals surface area contributed by atoms with E-state index in [1.165, 1.54) is 12.1 Å². The number of amides is 1. The van der Waals surface area contributed by atoms with Crippen LogP contribution in [0.15, 0.2) is 48.5 Å². The second kappa shape index (κ2) is 7.23. The number of hydrogen-bond acceptors (Lipinski definition) is 1. The molecule has 0 aromatic heterocycles. The Labute approximate surface area is 128 Å². The van der Waals surface area contributed by atoms with Crippen LogP contribution in [0, 0.1) is 5.82 Å². The summed E-state index contributed by atoms with van der Waals surface area (Å²) in [6.07, 6.45) is 0.921. The zero-order chi connectivity index (χ0) is 15.2. The highest BCUT2D eigenvalue weighted by Crippen LogP contribution is 2.20. The summed E-state index contributed by atoms with van der Waals surface area (Å²) in [5.41, 5.74) is 1.63. The van der Waals surface area contributed by atoms with Crippen LogP contribution in [0.4, 0.5) is 4.39 Å². The van der Waals surface area contributed by atoms with Crippen molar-refractivity contribution in [3.05, 3.63) is 70.5 Å². The second-order valence-electron chi connectivity index (χ2n) is 4.89. The molecule has 1 N–H and O–H groups in total. The molecule has 0 saturated heterocycles. The van der Waals surface area contributed by atoms with E-state index in [9.17, 15) is 9.18 Å². The first kappa shape index (κ1) is 15.5. The van der Waals surface area contributed by atoms with Crippen molar-refractivity contribution in [1.29, 1.82) is 0 Å². The van der Waals surface area contributed by atoms with Gasteiger partial charge in [-0.3, -0.25) is 4.79 Å². The van der Waals surface area contributed by atoms with Crippen molar-refractivity contribution in [2.75, 3.05) is 0 Å². The van der Waals surface area contributed by atoms with Gasteiger partial charge in [0.1, 0.15) is 5.82 Å². The molecule has 0 aliphatic heterocycles. The highest BCUT2D eigenvalue weighted by Gasteiger charge is 2.13. The summed E-state index contributed by atoms with van der Waals surface area (Å²) in [5.74, 6) is -0.463. The monoisotopic (exact) mass is 305 g/mol. The maximum Gasteiger partial charge on any atom is 0.224 e. The van der Waals surface area contributed by atoms with Crippen molar-refractivity contribution in [2.45, 2.75) is 25.8 Å². The van der Waals surface area contributed by atoms with E-state index in [-0.39, 0.29) is 24.2 Å². The average Bonchev–Trinajstić information content (AvgIpc) is 2.44. The third-order valence-electron chi connectivity index (χ3n) is 3.25. The SMILES string of the molecule is CCC(NC(=O)Cc1cccc(F)c1)c1cccc(Cl)c1. The minimum atomic E-state index is -0.331. The summed E-state index contributed by atoms with van der Waals surface area (Å²) >= 11 is 5.98. The summed E-state index contributed by atoms with van der Waals surface area (Å²) in [6.45, 7) is 1.99. The fourth-order valence-corrected chi connectivity index (χ4v) is 2.42. The Kier molecular flexibility index (Phi) is 5.34. The van der Waals surface area contributed by atoms with E-state index in [1.54, 1.807) is 18.2 Å². The molecular weight excluding hydrogens is 289 g/mol. The summed E-state index contributed by atoms with van der Waals surface area (Å²) in [4.78, 5) is 12.1. The molecule has 2 aromatic carbocycles. The van der Waals surface area contributed by atoms with Crippen molar-refractivity contribution in [2.24, 2.45) is 0 Å². The van der Waals surface area contributed by atoms with Gasteiger partial charge in [0.05, 0.1) is 12.5 Å². The van der Waals surface area contributed by atoms with Crippen molar-refractivity contribution >= 4 is 17.5 Å². The van der Waals surface area contributed by atoms with Crippen LogP contribution in [0.1, 0.15) is 30.5 Å². The second-order valence-corrected chi connectivity index (χ2v) is 5.33. The lowest BCUT2D eigenvalue weighted by Gasteiger charge is -2.17. The average molecular weight is 306 g/mol. The summed E-state index contributed by atoms with van der Waals surface area (Å²) < 4.78 is 13.1. The van der Waals surface area contributed by atoms with Gasteiger partial charge in [0, 0.05) is 5.02 Å². The molecule has 2 rings (SSSR count). The zero-order valence-corrected chi connectivity index (χ0v) is 12.5. The molecule has 0 saturated carbocycles. The molecule has 4 heteroatoms. The first-order valence-electron chi connectivity index (χ1n) is 6.87. The smallest absolute Gasteiger partial charge is 0.224 e. The van der Waals surface area contributed by atoms with Gasteiger partial charge in [-0.1, -0.05) is 42.8 Å². The van der Waals surface area contributed by atoms with Crippen molar-refractivity contribution < 1.29 is 9.18 Å². The summed E-state index contributed by atoms with van der Waals surface area (Å²) in [7, 11) is 0. The number of carbonyl (C=O) groups is 1. The molecule has 21 heavy (non-hydrogen) atoms. The minimum Gasteiger partial charge on any atom is -0.349 e. The molecule has 110 valence electrons. The first-order chi connectivity index (χ1) is 10.1. The van der Waals surface area contributed by atoms with Gasteiger partial charge in [0.25, 0.3) is 0 Å². The lowest BCUT2D eigenvalue weighted by atomic mass is 10.0. The fourth-order valence-electron chi connectivity index (χ4n) is 2.22. The minimum absolute atomic E-state index is 0.0928. The Balaban J connectivity index is 2.03. The lowest BCUT2D eigenvalue weighted by Crippen LogP contribution is -2.29. The van der Waals surface area contributed by atoms with Gasteiger partial charge in [-0.15, -0.1) is 0 Å². The number of carbonyl (C=O) groups excluding carboxylic acids is 1. The molecule has 2 nitrogen and oxygen atoms in total. The number of rotatable bonds is 5. The van der Waals surface area contributed by atoms with E-state index in [4.69, 9.17) is 11.6 Å². The predicted octanol–water partition coefficient (Wildman–Crippen LogP) is 4.29. The molecule has 0 aliphatic carbocycles. The highest BCUT2D eigenvalue weighted by molar-refractivity contribution is 6.30. The van der Waals surface area contributed by atoms with E-state index in [0.717, 1.165) is 12.0 Å². The van der Waals surface area contributed by atoms with Crippen molar-refractivity contribution in [1.82, 2.24) is 5.32 Å². The number of benzene rings is 2. The standard InChI is InChI=1S/C17H17ClFNO/c1-2-16(13-6-4-7-14(18)11-13)20-17(21)10-12-5-3-8-15(19)9-12/h3-9,11,16H,2,10H2,1H3,(H,20,21). The van der Waals surface area contributed by atoms with Crippen LogP contribution in [0.5, 0.6) is 0 Å². The van der Waals surface area contributed by atoms with Gasteiger partial charge in [-0.2, -0.15) is 0 Å². The van der Waals surface area contributed by atoms with Gasteiger partial charge in [-0.25, -0.2) is 4.39 Å². The molecule has 0 fully saturated rings. The van der Waals surface area contributed by atoms with E-state index >= 15 is 0 Å². The number of nitrogens with one attached hydrogen (secondary N) is 1. The van der Waals surface area contributed by atoms with Crippen LogP contribution in [0.25, 0.3) is 0 Å². The van der Waals surface area contributed by atoms with Gasteiger partial charge >= 0.3 is 0 Å². The Morgan fingerprint density at radius 3 is 2.67 bits per heavy atom. The topological polar surface area (TPSA) is 29.1 Å². The summed E-state index contributed by atoms with van der Waals surface area (Å²) in [5, 5.41) is 3.60. The Bertz CT molecular complexity index is 630. The molecule has 1 amide bonds. The Hall–Kier alpha value is -1.87. The predicted molar refractivity (Wildman–Crippen MR) is 82.7 cm³/mol. The molecule has 0 heterocycles. The van der Waals surface area contributed by atoms with Gasteiger partial charge in [-0.05, 0) is 41.8 Å². The van der Waals surface area contributed by atoms with Crippen LogP contribution in [-0.2, 0) is 11.2 Å². The molecule has 0 spiro atoms. The first-order valence-corrected chi connectivity index (χ1v) is 7.25. The van der Waals surface area contributed by atoms with Gasteiger partial charge < -0.3 is 5.32 Å². The quantitative estimate of drug-likeness (QED) is 0.877. The molecule has 0 radical (unpaired) electrons. The molecule has 0 aliphatic rings. The van der Waals surface area contributed by atoms with E-state index in [2.05, 4.69) is 5.32 Å². The molecule has 0 bridgehead atoms. The van der Waals surface area contributed by atoms with Gasteiger partial charge in [0.2, 0.25) is 5.91 Å². The third-order valence-corrected chi connectivity index (χ3v) is 3.48. The summed E-state index contributed by atoms with van der Waals surface area (Å²) in [6, 6.07) is 13.4. The van der Waals surface area contributed by atoms with E-state index < -0.39 is 0 Å². The normalized spacial score (nSPS) is 12.0. The van der Waals surface area contributed by atoms with Crippen LogP contribution in [0.3, 0.4) is 0 Å². The van der Waals surface area contributed by atoms with Crippen LogP contribution >= 0.6 is 11.6 Å². The Morgan fingerprint density at radius 1 is 1.24 bits per heavy atom. The largest absolute Gasteiger partial charge is 0.349 e. The third kappa shape index (κ3) is 4.57. The molecule has 2 aromatic rings. The van der Waals surface area contributed by atoms with Crippen LogP contribution < -0.4 is 5.32 Å². The molecule has 1 atom stereocenters. The van der Waals surface area contributed by atoms with Crippen molar-refractivity contribution in [3.63, 3.8) is 0 Å². The number of hydrogen-bond donors (Lipinski definition) is 1. The molecular formula is C17H17ClFNO. The van der Waals surface area contributed by atoms with E-state index in [1.807, 2.05) is 25.1 Å². The van der Waals surface area contributed by atoms with E-state index in [0.29, 0.717) is 10.6 Å². The van der Waals surface area contributed by atoms with Crippen LogP contribution in [-0.4, -0.2) is 5.91 Å². The van der Waals surface area contributed by atoms with Crippen LogP contribution in [0.2, 0.25) is 5.02 Å². The lowest BCUT2D eigenvalue weighted by molar-refractivity contribution is -0.121. The fraction of sp³-hybridized carbons (Fsp3) is 0.235. The zero-order valence-electron chi connectivity index (χ0n) is 11.8. The number of halogens is 2. The maximum atomic E-state index is 13.1. The van der Waals surface area contributed by atoms with Crippen molar-refractivity contribution in [3.8, 4) is 0 Å². The maximum absolute atomic E-state index is 13.1. The highest BCUT2D eigenvalue weighted by atomic mass is 35.5. The Morgan fingerprint density at radius 2 is 2.00 bits per heavy atom. The van der Waals surface area contributed by atoms with Gasteiger partial charge in [0.15, 0.2) is 0 Å². The molecule has 1 unspecified atom stereocenters.